The molecule has 0 aliphatic rings. The third-order valence-corrected chi connectivity index (χ3v) is 11.6. The Morgan fingerprint density at radius 3 is 0.953 bits per heavy atom. The van der Waals surface area contributed by atoms with E-state index in [4.69, 9.17) is 0 Å². The molecule has 64 heavy (non-hydrogen) atoms. The van der Waals surface area contributed by atoms with Gasteiger partial charge in [0.05, 0.1) is 20.6 Å². The number of rotatable bonds is 9. The van der Waals surface area contributed by atoms with Gasteiger partial charge in [0.2, 0.25) is 0 Å². The SMILES string of the molecule is O=S(=O)(O)c1cc(O)c2c(O)c(N=Nc3ccc(-c4ccc(N=Nc5c(S(=O)(=O)O)cc6cc(S(=O)(=O)O)cc(O)c6c5O)c(O)c4)cc3O)c(S(=O)(=O)O)cc2c1.[Cu].[Cu].[Na+].[Na+].[Na+].[Na+]. The largest absolute Gasteiger partial charge is 1.00 e. The summed E-state index contributed by atoms with van der Waals surface area (Å²) in [7, 11) is -20.2. The molecule has 324 valence electrons. The monoisotopic (exact) mass is 1100 g/mol. The summed E-state index contributed by atoms with van der Waals surface area (Å²) in [5.74, 6) is -5.27. The predicted octanol–water partition coefficient (Wildman–Crippen LogP) is -6.28. The maximum absolute atomic E-state index is 12.2. The molecule has 0 spiro atoms. The molecular weight excluding hydrogens is 1080 g/mol. The van der Waals surface area contributed by atoms with Crippen LogP contribution >= 0.6 is 0 Å². The zero-order chi connectivity index (χ0) is 42.9. The zero-order valence-corrected chi connectivity index (χ0v) is 45.8. The first kappa shape index (κ1) is 62.5. The van der Waals surface area contributed by atoms with Gasteiger partial charge in [0.25, 0.3) is 40.5 Å². The van der Waals surface area contributed by atoms with Crippen LogP contribution in [0.1, 0.15) is 0 Å². The molecule has 6 rings (SSSR count). The number of azo groups is 2. The third kappa shape index (κ3) is 13.4. The van der Waals surface area contributed by atoms with E-state index < -0.39 is 127 Å². The van der Waals surface area contributed by atoms with Crippen molar-refractivity contribution in [3.05, 3.63) is 72.8 Å². The van der Waals surface area contributed by atoms with Crippen LogP contribution in [0.4, 0.5) is 22.7 Å². The van der Waals surface area contributed by atoms with Crippen molar-refractivity contribution >= 4 is 84.8 Å². The van der Waals surface area contributed by atoms with Crippen LogP contribution in [0.3, 0.4) is 0 Å². The van der Waals surface area contributed by atoms with Crippen molar-refractivity contribution in [1.29, 1.82) is 0 Å². The van der Waals surface area contributed by atoms with Gasteiger partial charge in [-0.25, -0.2) is 0 Å². The number of hydrogen-bond donors (Lipinski definition) is 10. The number of nitrogens with zero attached hydrogens (tertiary/aromatic N) is 4. The van der Waals surface area contributed by atoms with Gasteiger partial charge >= 0.3 is 118 Å². The second kappa shape index (κ2) is 23.2. The minimum Gasteiger partial charge on any atom is -0.507 e. The number of fused-ring (bicyclic) bond motifs is 2. The van der Waals surface area contributed by atoms with Gasteiger partial charge in [-0.1, -0.05) is 12.1 Å². The van der Waals surface area contributed by atoms with Crippen LogP contribution in [0.25, 0.3) is 32.7 Å². The quantitative estimate of drug-likeness (QED) is 0.0366. The number of aromatic hydroxyl groups is 6. The molecule has 0 heterocycles. The molecule has 0 aromatic heterocycles. The Balaban J connectivity index is 0.00000661. The Hall–Kier alpha value is -1.48. The van der Waals surface area contributed by atoms with Crippen molar-refractivity contribution in [3.63, 3.8) is 0 Å². The number of phenols is 6. The Kier molecular flexibility index (Phi) is 22.7. The summed E-state index contributed by atoms with van der Waals surface area (Å²) in [5.41, 5.74) is -2.19. The molecule has 0 amide bonds. The van der Waals surface area contributed by atoms with Gasteiger partial charge in [0.1, 0.15) is 55.5 Å². The summed E-state index contributed by atoms with van der Waals surface area (Å²) in [6, 6.07) is 10.9. The van der Waals surface area contributed by atoms with Crippen LogP contribution in [0.2, 0.25) is 0 Å². The van der Waals surface area contributed by atoms with E-state index in [-0.39, 0.29) is 175 Å². The molecule has 10 N–H and O–H groups in total. The summed E-state index contributed by atoms with van der Waals surface area (Å²) in [4.78, 5) is -3.94. The van der Waals surface area contributed by atoms with Gasteiger partial charge in [0.15, 0.2) is 11.5 Å². The van der Waals surface area contributed by atoms with E-state index in [9.17, 15) is 82.5 Å². The van der Waals surface area contributed by atoms with Crippen LogP contribution in [0, 0.1) is 0 Å². The Bertz CT molecular complexity index is 3110. The molecular formula is C32H22Cu2N4Na4O18S4+4. The van der Waals surface area contributed by atoms with Crippen LogP contribution in [-0.4, -0.2) is 82.5 Å². The third-order valence-electron chi connectivity index (χ3n) is 8.16. The van der Waals surface area contributed by atoms with Crippen molar-refractivity contribution in [1.82, 2.24) is 0 Å². The van der Waals surface area contributed by atoms with Gasteiger partial charge in [-0.2, -0.15) is 33.7 Å². The van der Waals surface area contributed by atoms with E-state index in [1.807, 2.05) is 0 Å². The molecule has 0 unspecified atom stereocenters. The molecule has 0 aliphatic carbocycles. The predicted molar refractivity (Wildman–Crippen MR) is 197 cm³/mol. The fraction of sp³-hybridized carbons (Fsp3) is 0. The minimum absolute atomic E-state index is 0. The Morgan fingerprint density at radius 1 is 0.375 bits per heavy atom. The van der Waals surface area contributed by atoms with Gasteiger partial charge in [0, 0.05) is 46.3 Å². The van der Waals surface area contributed by atoms with E-state index >= 15 is 0 Å². The maximum Gasteiger partial charge on any atom is 1.00 e. The number of phenolic OH excluding ortho intramolecular Hbond substituents is 6. The second-order valence-electron chi connectivity index (χ2n) is 11.9. The average Bonchev–Trinajstić information content (AvgIpc) is 3.09. The van der Waals surface area contributed by atoms with Crippen molar-refractivity contribution in [2.75, 3.05) is 0 Å². The molecule has 2 radical (unpaired) electrons. The van der Waals surface area contributed by atoms with Crippen LogP contribution in [0.15, 0.2) is 113 Å². The van der Waals surface area contributed by atoms with E-state index in [0.717, 1.165) is 24.3 Å². The molecule has 0 saturated carbocycles. The van der Waals surface area contributed by atoms with Crippen molar-refractivity contribution in [2.24, 2.45) is 20.5 Å². The smallest absolute Gasteiger partial charge is 0.507 e. The topological polar surface area (TPSA) is 388 Å². The van der Waals surface area contributed by atoms with Crippen molar-refractivity contribution in [2.45, 2.75) is 19.6 Å². The van der Waals surface area contributed by atoms with Crippen LogP contribution < -0.4 is 118 Å². The summed E-state index contributed by atoms with van der Waals surface area (Å²) >= 11 is 0. The summed E-state index contributed by atoms with van der Waals surface area (Å²) < 4.78 is 133. The van der Waals surface area contributed by atoms with Gasteiger partial charge < -0.3 is 30.6 Å². The average molecular weight is 1100 g/mol. The minimum atomic E-state index is -5.22. The van der Waals surface area contributed by atoms with Crippen molar-refractivity contribution in [3.8, 4) is 45.6 Å². The zero-order valence-electron chi connectivity index (χ0n) is 32.7. The summed E-state index contributed by atoms with van der Waals surface area (Å²) in [6.07, 6.45) is 0. The molecule has 0 bridgehead atoms. The van der Waals surface area contributed by atoms with E-state index in [1.54, 1.807) is 0 Å². The van der Waals surface area contributed by atoms with E-state index in [1.165, 1.54) is 12.1 Å². The molecule has 22 nitrogen and oxygen atoms in total. The second-order valence-corrected chi connectivity index (χ2v) is 17.6. The molecule has 0 atom stereocenters. The fourth-order valence-electron chi connectivity index (χ4n) is 5.54. The summed E-state index contributed by atoms with van der Waals surface area (Å²) in [5, 5.41) is 76.4. The van der Waals surface area contributed by atoms with E-state index in [0.29, 0.717) is 36.4 Å². The summed E-state index contributed by atoms with van der Waals surface area (Å²) in [6.45, 7) is 0. The molecule has 0 aliphatic heterocycles. The first-order chi connectivity index (χ1) is 26.8. The number of benzene rings is 6. The van der Waals surface area contributed by atoms with Gasteiger partial charge in [-0.05, 0) is 70.4 Å². The van der Waals surface area contributed by atoms with Crippen LogP contribution in [0.5, 0.6) is 34.5 Å². The first-order valence-electron chi connectivity index (χ1n) is 15.2. The fourth-order valence-corrected chi connectivity index (χ4v) is 7.93. The maximum atomic E-state index is 12.2. The standard InChI is InChI=1S/C32H22N4O18S4.2Cu.4Na/c37-21-7-13(1-3-19(21)33-35-29-25(57(49,50)51)9-15-5-17(55(43,44)45)11-23(39)27(15)31(29)41)14-2-4-20(22(38)8-14)34-36-30-26(58(52,53)54)10-16-6-18(56(46,47)48)12-24(40)28(16)32(30)42;;;;;;/h1-12,37-42H,(H,43,44,45)(H,46,47,48)(H,49,50,51)(H,52,53,54);;;;;;/q;;;4*+1. The van der Waals surface area contributed by atoms with Crippen molar-refractivity contribution < 1.29 is 235 Å². The molecule has 32 heteroatoms. The van der Waals surface area contributed by atoms with Crippen LogP contribution in [-0.2, 0) is 74.6 Å². The Morgan fingerprint density at radius 2 is 0.688 bits per heavy atom. The normalized spacial score (nSPS) is 11.8. The first-order valence-corrected chi connectivity index (χ1v) is 21.0. The molecule has 6 aromatic carbocycles. The number of hydrogen-bond acceptors (Lipinski definition) is 18. The van der Waals surface area contributed by atoms with E-state index in [2.05, 4.69) is 20.5 Å². The van der Waals surface area contributed by atoms with Gasteiger partial charge in [-0.3, -0.25) is 18.2 Å². The molecule has 0 fully saturated rings. The Labute approximate surface area is 471 Å². The molecule has 6 aromatic rings. The van der Waals surface area contributed by atoms with Gasteiger partial charge in [-0.15, -0.1) is 20.5 Å². The molecule has 0 saturated heterocycles.